The Bertz CT molecular complexity index is 1290. The second-order valence-electron chi connectivity index (χ2n) is 10.2. The molecular formula is C27H28F9N3O4. The van der Waals surface area contributed by atoms with Gasteiger partial charge in [0, 0.05) is 12.2 Å². The predicted molar refractivity (Wildman–Crippen MR) is 136 cm³/mol. The van der Waals surface area contributed by atoms with E-state index in [0.29, 0.717) is 12.1 Å². The zero-order valence-electron chi connectivity index (χ0n) is 23.2. The average molecular weight is 630 g/mol. The maximum Gasteiger partial charge on any atom is 0.482 e. The van der Waals surface area contributed by atoms with Crippen molar-refractivity contribution in [3.05, 3.63) is 58.7 Å². The lowest BCUT2D eigenvalue weighted by atomic mass is 9.97. The number of nitrogens with one attached hydrogen (secondary N) is 1. The van der Waals surface area contributed by atoms with Crippen molar-refractivity contribution in [2.24, 2.45) is 5.92 Å². The van der Waals surface area contributed by atoms with Crippen LogP contribution in [0.5, 0.6) is 0 Å². The van der Waals surface area contributed by atoms with Gasteiger partial charge in [-0.3, -0.25) is 15.1 Å². The normalized spacial score (nSPS) is 17.7. The van der Waals surface area contributed by atoms with Gasteiger partial charge in [-0.1, -0.05) is 13.8 Å². The van der Waals surface area contributed by atoms with Gasteiger partial charge in [-0.25, -0.2) is 9.59 Å². The summed E-state index contributed by atoms with van der Waals surface area (Å²) in [5.74, 6) is -0.144. The summed E-state index contributed by atoms with van der Waals surface area (Å²) < 4.78 is 130. The summed E-state index contributed by atoms with van der Waals surface area (Å²) in [5.41, 5.74) is -4.18. The van der Waals surface area contributed by atoms with E-state index in [2.05, 4.69) is 0 Å². The first-order chi connectivity index (χ1) is 19.7. The number of hydrogen-bond donors (Lipinski definition) is 1. The SMILES string of the molecule is CCOC(=O)N(CC(C)C)c1ccc(NC(F)(F)F)cc1CN1C(=O)O[C@H](c2cc(C(F)(F)F)cc(C(F)(F)F)c2)[C@@H]1C. The molecule has 1 heterocycles. The first-order valence-corrected chi connectivity index (χ1v) is 12.9. The average Bonchev–Trinajstić information content (AvgIpc) is 3.14. The number of cyclic esters (lactones) is 1. The van der Waals surface area contributed by atoms with Crippen LogP contribution in [0.25, 0.3) is 0 Å². The quantitative estimate of drug-likeness (QED) is 0.235. The van der Waals surface area contributed by atoms with Gasteiger partial charge in [-0.2, -0.15) is 39.5 Å². The van der Waals surface area contributed by atoms with E-state index in [-0.39, 0.29) is 36.4 Å². The fourth-order valence-corrected chi connectivity index (χ4v) is 4.54. The van der Waals surface area contributed by atoms with Crippen molar-refractivity contribution >= 4 is 23.6 Å². The summed E-state index contributed by atoms with van der Waals surface area (Å²) in [6.07, 6.45) is -18.7. The number of amides is 2. The molecule has 1 fully saturated rings. The van der Waals surface area contributed by atoms with Crippen LogP contribution in [0.3, 0.4) is 0 Å². The van der Waals surface area contributed by atoms with Crippen LogP contribution >= 0.6 is 0 Å². The molecule has 16 heteroatoms. The first kappa shape index (κ1) is 33.6. The third kappa shape index (κ3) is 8.38. The molecule has 2 aromatic carbocycles. The Labute approximate surface area is 240 Å². The molecule has 0 radical (unpaired) electrons. The van der Waals surface area contributed by atoms with Crippen LogP contribution in [0, 0.1) is 5.92 Å². The van der Waals surface area contributed by atoms with Crippen LogP contribution in [-0.2, 0) is 28.4 Å². The Balaban J connectivity index is 2.07. The Morgan fingerprint density at radius 3 is 2.07 bits per heavy atom. The number of rotatable bonds is 8. The molecule has 1 aliphatic heterocycles. The standard InChI is InChI=1S/C27H28F9N3O4/c1-5-42-23(40)39(12-14(2)3)21-7-6-20(37-27(34,35)36)10-17(21)13-38-15(4)22(43-24(38)41)16-8-18(25(28,29)30)11-19(9-16)26(31,32)33/h6-11,14-15,22,37H,5,12-13H2,1-4H3/t15-,22-/m0/s1. The van der Waals surface area contributed by atoms with Crippen LogP contribution in [0.1, 0.15) is 56.1 Å². The molecule has 0 aliphatic carbocycles. The van der Waals surface area contributed by atoms with Gasteiger partial charge in [0.15, 0.2) is 0 Å². The molecule has 43 heavy (non-hydrogen) atoms. The number of benzene rings is 2. The highest BCUT2D eigenvalue weighted by molar-refractivity contribution is 5.89. The van der Waals surface area contributed by atoms with Crippen LogP contribution in [-0.4, -0.2) is 42.6 Å². The van der Waals surface area contributed by atoms with Gasteiger partial charge in [0.05, 0.1) is 36.0 Å². The molecule has 0 aromatic heterocycles. The number of carbonyl (C=O) groups is 2. The minimum Gasteiger partial charge on any atom is -0.449 e. The highest BCUT2D eigenvalue weighted by Gasteiger charge is 2.43. The van der Waals surface area contributed by atoms with Crippen molar-refractivity contribution < 1.29 is 58.6 Å². The van der Waals surface area contributed by atoms with Crippen LogP contribution in [0.15, 0.2) is 36.4 Å². The summed E-state index contributed by atoms with van der Waals surface area (Å²) in [7, 11) is 0. The lowest BCUT2D eigenvalue weighted by Crippen LogP contribution is -2.37. The topological polar surface area (TPSA) is 71.1 Å². The lowest BCUT2D eigenvalue weighted by Gasteiger charge is -2.29. The number of alkyl halides is 9. The number of nitrogens with zero attached hydrogens (tertiary/aromatic N) is 2. The van der Waals surface area contributed by atoms with Crippen LogP contribution in [0.4, 0.5) is 60.5 Å². The molecular weight excluding hydrogens is 601 g/mol. The Morgan fingerprint density at radius 2 is 1.58 bits per heavy atom. The Kier molecular flexibility index (Phi) is 9.71. The highest BCUT2D eigenvalue weighted by Crippen LogP contribution is 2.41. The molecule has 238 valence electrons. The van der Waals surface area contributed by atoms with Gasteiger partial charge >= 0.3 is 30.8 Å². The van der Waals surface area contributed by atoms with Crippen LogP contribution in [0.2, 0.25) is 0 Å². The molecule has 0 bridgehead atoms. The summed E-state index contributed by atoms with van der Waals surface area (Å²) in [6.45, 7) is 5.90. The van der Waals surface area contributed by atoms with Crippen molar-refractivity contribution in [3.63, 3.8) is 0 Å². The minimum atomic E-state index is -5.14. The molecule has 0 saturated carbocycles. The monoisotopic (exact) mass is 629 g/mol. The summed E-state index contributed by atoms with van der Waals surface area (Å²) in [5, 5.41) is 1.32. The summed E-state index contributed by atoms with van der Waals surface area (Å²) in [6, 6.07) is 2.92. The van der Waals surface area contributed by atoms with E-state index in [1.54, 1.807) is 20.8 Å². The molecule has 1 N–H and O–H groups in total. The maximum atomic E-state index is 13.4. The van der Waals surface area contributed by atoms with Gasteiger partial charge in [0.25, 0.3) is 0 Å². The van der Waals surface area contributed by atoms with Crippen LogP contribution < -0.4 is 10.2 Å². The van der Waals surface area contributed by atoms with Gasteiger partial charge in [-0.05, 0) is 67.3 Å². The third-order valence-corrected chi connectivity index (χ3v) is 6.36. The third-order valence-electron chi connectivity index (χ3n) is 6.36. The second-order valence-corrected chi connectivity index (χ2v) is 10.2. The zero-order chi connectivity index (χ0) is 32.5. The van der Waals surface area contributed by atoms with E-state index in [4.69, 9.17) is 9.47 Å². The van der Waals surface area contributed by atoms with Crippen molar-refractivity contribution in [2.45, 2.75) is 65.0 Å². The van der Waals surface area contributed by atoms with E-state index in [0.717, 1.165) is 21.9 Å². The number of anilines is 2. The molecule has 2 atom stereocenters. The molecule has 1 saturated heterocycles. The summed E-state index contributed by atoms with van der Waals surface area (Å²) in [4.78, 5) is 27.8. The van der Waals surface area contributed by atoms with Gasteiger partial charge in [0.2, 0.25) is 0 Å². The van der Waals surface area contributed by atoms with Crippen molar-refractivity contribution in [1.29, 1.82) is 0 Å². The molecule has 1 aliphatic rings. The fourth-order valence-electron chi connectivity index (χ4n) is 4.54. The van der Waals surface area contributed by atoms with E-state index in [9.17, 15) is 49.1 Å². The second kappa shape index (κ2) is 12.4. The first-order valence-electron chi connectivity index (χ1n) is 12.9. The van der Waals surface area contributed by atoms with Gasteiger partial charge in [0.1, 0.15) is 6.10 Å². The Hall–Kier alpha value is -3.85. The van der Waals surface area contributed by atoms with E-state index < -0.39 is 71.9 Å². The molecule has 2 amide bonds. The van der Waals surface area contributed by atoms with Crippen molar-refractivity contribution in [3.8, 4) is 0 Å². The van der Waals surface area contributed by atoms with Gasteiger partial charge in [-0.15, -0.1) is 0 Å². The molecule has 7 nitrogen and oxygen atoms in total. The van der Waals surface area contributed by atoms with Crippen molar-refractivity contribution in [1.82, 2.24) is 4.90 Å². The number of ether oxygens (including phenoxy) is 2. The van der Waals surface area contributed by atoms with E-state index >= 15 is 0 Å². The number of carbonyl (C=O) groups excluding carboxylic acids is 2. The largest absolute Gasteiger partial charge is 0.482 e. The fraction of sp³-hybridized carbons (Fsp3) is 0.481. The number of halogens is 9. The molecule has 0 unspecified atom stereocenters. The Morgan fingerprint density at radius 1 is 1.00 bits per heavy atom. The molecule has 3 rings (SSSR count). The smallest absolute Gasteiger partial charge is 0.449 e. The van der Waals surface area contributed by atoms with Crippen molar-refractivity contribution in [2.75, 3.05) is 23.4 Å². The molecule has 2 aromatic rings. The zero-order valence-corrected chi connectivity index (χ0v) is 23.2. The lowest BCUT2D eigenvalue weighted by molar-refractivity contribution is -0.143. The molecule has 0 spiro atoms. The minimum absolute atomic E-state index is 0.00701. The number of hydrogen-bond acceptors (Lipinski definition) is 5. The summed E-state index contributed by atoms with van der Waals surface area (Å²) >= 11 is 0. The predicted octanol–water partition coefficient (Wildman–Crippen LogP) is 8.36. The van der Waals surface area contributed by atoms with E-state index in [1.807, 2.05) is 0 Å². The maximum absolute atomic E-state index is 13.4. The van der Waals surface area contributed by atoms with E-state index in [1.165, 1.54) is 18.3 Å². The highest BCUT2D eigenvalue weighted by atomic mass is 19.4. The van der Waals surface area contributed by atoms with Gasteiger partial charge < -0.3 is 9.47 Å².